The number of ether oxygens (including phenoxy) is 1. The highest BCUT2D eigenvalue weighted by atomic mass is 19.4. The van der Waals surface area contributed by atoms with Crippen molar-refractivity contribution in [1.29, 1.82) is 5.26 Å². The molecule has 0 saturated heterocycles. The number of alkyl carbamates (subject to hydrolysis) is 1. The van der Waals surface area contributed by atoms with E-state index >= 15 is 0 Å². The van der Waals surface area contributed by atoms with Crippen LogP contribution in [0.5, 0.6) is 0 Å². The number of hydrogen-bond acceptors (Lipinski definition) is 4. The van der Waals surface area contributed by atoms with Crippen molar-refractivity contribution in [3.63, 3.8) is 0 Å². The van der Waals surface area contributed by atoms with Gasteiger partial charge in [-0.2, -0.15) is 18.4 Å². The number of alkyl halides is 3. The molecule has 2 amide bonds. The number of halogens is 3. The smallest absolute Gasteiger partial charge is 0.417 e. The molecule has 1 aromatic rings. The molecule has 142 valence electrons. The Morgan fingerprint density at radius 2 is 1.69 bits per heavy atom. The highest BCUT2D eigenvalue weighted by Crippen LogP contribution is 2.33. The molecule has 0 fully saturated rings. The Hall–Kier alpha value is -2.76. The summed E-state index contributed by atoms with van der Waals surface area (Å²) in [4.78, 5) is 24.1. The Morgan fingerprint density at radius 3 is 2.15 bits per heavy atom. The van der Waals surface area contributed by atoms with Gasteiger partial charge in [0, 0.05) is 5.69 Å². The first-order valence-electron chi connectivity index (χ1n) is 7.60. The van der Waals surface area contributed by atoms with Crippen LogP contribution >= 0.6 is 0 Å². The predicted molar refractivity (Wildman–Crippen MR) is 88.2 cm³/mol. The number of anilines is 1. The molecule has 0 saturated carbocycles. The van der Waals surface area contributed by atoms with Crippen molar-refractivity contribution in [1.82, 2.24) is 5.32 Å². The Kier molecular flexibility index (Phi) is 5.92. The Morgan fingerprint density at radius 1 is 1.12 bits per heavy atom. The van der Waals surface area contributed by atoms with E-state index in [1.807, 2.05) is 0 Å². The number of nitrogens with zero attached hydrogens (tertiary/aromatic N) is 1. The summed E-state index contributed by atoms with van der Waals surface area (Å²) in [5, 5.41) is 13.4. The molecule has 0 aliphatic heterocycles. The summed E-state index contributed by atoms with van der Waals surface area (Å²) in [6, 6.07) is 4.26. The van der Waals surface area contributed by atoms with Crippen LogP contribution in [-0.4, -0.2) is 23.1 Å². The summed E-state index contributed by atoms with van der Waals surface area (Å²) in [6.07, 6.45) is -5.58. The number of amides is 2. The molecule has 2 N–H and O–H groups in total. The first-order chi connectivity index (χ1) is 11.7. The van der Waals surface area contributed by atoms with Crippen molar-refractivity contribution in [3.8, 4) is 6.07 Å². The van der Waals surface area contributed by atoms with Crippen molar-refractivity contribution in [3.05, 3.63) is 29.3 Å². The van der Waals surface area contributed by atoms with Gasteiger partial charge in [0.05, 0.1) is 17.2 Å². The molecule has 6 nitrogen and oxygen atoms in total. The second-order valence-electron chi connectivity index (χ2n) is 7.08. The topological polar surface area (TPSA) is 91.2 Å². The minimum atomic E-state index is -4.74. The molecule has 9 heteroatoms. The molecule has 0 aliphatic carbocycles. The average molecular weight is 371 g/mol. The minimum absolute atomic E-state index is 0.152. The van der Waals surface area contributed by atoms with Crippen LogP contribution in [0.4, 0.5) is 23.7 Å². The van der Waals surface area contributed by atoms with Gasteiger partial charge in [0.15, 0.2) is 0 Å². The number of rotatable bonds is 3. The van der Waals surface area contributed by atoms with Gasteiger partial charge in [-0.1, -0.05) is 0 Å². The molecule has 1 aromatic carbocycles. The lowest BCUT2D eigenvalue weighted by Gasteiger charge is -2.27. The maximum Gasteiger partial charge on any atom is 0.417 e. The molecule has 26 heavy (non-hydrogen) atoms. The monoisotopic (exact) mass is 371 g/mol. The van der Waals surface area contributed by atoms with E-state index in [1.54, 1.807) is 20.8 Å². The quantitative estimate of drug-likeness (QED) is 0.845. The van der Waals surface area contributed by atoms with Gasteiger partial charge in [-0.25, -0.2) is 4.79 Å². The van der Waals surface area contributed by atoms with Gasteiger partial charge < -0.3 is 15.4 Å². The normalized spacial score (nSPS) is 12.1. The van der Waals surface area contributed by atoms with Crippen LogP contribution < -0.4 is 10.6 Å². The number of nitrogens with one attached hydrogen (secondary N) is 2. The number of carbonyl (C=O) groups excluding carboxylic acids is 2. The first-order valence-corrected chi connectivity index (χ1v) is 7.60. The molecule has 0 spiro atoms. The van der Waals surface area contributed by atoms with Gasteiger partial charge in [0.2, 0.25) is 5.91 Å². The average Bonchev–Trinajstić information content (AvgIpc) is 2.43. The molecule has 0 heterocycles. The SMILES string of the molecule is CC(C)(C)OC(=O)NC(C)(C)C(=O)Nc1ccc(C#N)c(C(F)(F)F)c1. The van der Waals surface area contributed by atoms with E-state index in [0.717, 1.165) is 6.07 Å². The third kappa shape index (κ3) is 5.95. The fraction of sp³-hybridized carbons (Fsp3) is 0.471. The summed E-state index contributed by atoms with van der Waals surface area (Å²) < 4.78 is 44.0. The fourth-order valence-corrected chi connectivity index (χ4v) is 1.86. The van der Waals surface area contributed by atoms with Crippen molar-refractivity contribution >= 4 is 17.7 Å². The lowest BCUT2D eigenvalue weighted by Crippen LogP contribution is -2.53. The van der Waals surface area contributed by atoms with E-state index in [2.05, 4.69) is 10.6 Å². The lowest BCUT2D eigenvalue weighted by molar-refractivity contribution is -0.137. The van der Waals surface area contributed by atoms with E-state index in [-0.39, 0.29) is 5.69 Å². The van der Waals surface area contributed by atoms with Crippen LogP contribution in [0, 0.1) is 11.3 Å². The van der Waals surface area contributed by atoms with Crippen LogP contribution in [0.3, 0.4) is 0 Å². The summed E-state index contributed by atoms with van der Waals surface area (Å²) in [6.45, 7) is 7.69. The Balaban J connectivity index is 2.96. The lowest BCUT2D eigenvalue weighted by atomic mass is 10.0. The summed E-state index contributed by atoms with van der Waals surface area (Å²) in [5.41, 5.74) is -4.09. The maximum atomic E-state index is 13.0. The summed E-state index contributed by atoms with van der Waals surface area (Å²) >= 11 is 0. The van der Waals surface area contributed by atoms with Gasteiger partial charge >= 0.3 is 12.3 Å². The molecule has 0 bridgehead atoms. The number of benzene rings is 1. The van der Waals surface area contributed by atoms with Crippen LogP contribution in [0.25, 0.3) is 0 Å². The summed E-state index contributed by atoms with van der Waals surface area (Å²) in [7, 11) is 0. The zero-order chi connectivity index (χ0) is 20.3. The molecular formula is C17H20F3N3O3. The molecule has 1 rings (SSSR count). The van der Waals surface area contributed by atoms with Gasteiger partial charge in [-0.15, -0.1) is 0 Å². The van der Waals surface area contributed by atoms with Crippen molar-refractivity contribution in [2.75, 3.05) is 5.32 Å². The molecule has 0 radical (unpaired) electrons. The van der Waals surface area contributed by atoms with E-state index in [0.29, 0.717) is 6.07 Å². The van der Waals surface area contributed by atoms with Gasteiger partial charge in [0.1, 0.15) is 11.1 Å². The zero-order valence-electron chi connectivity index (χ0n) is 15.0. The summed E-state index contributed by atoms with van der Waals surface area (Å²) in [5.74, 6) is -0.749. The van der Waals surface area contributed by atoms with Crippen LogP contribution in [0.1, 0.15) is 45.7 Å². The third-order valence-corrected chi connectivity index (χ3v) is 3.08. The first kappa shape index (κ1) is 21.3. The molecule has 0 unspecified atom stereocenters. The van der Waals surface area contributed by atoms with E-state index in [1.165, 1.54) is 26.0 Å². The van der Waals surface area contributed by atoms with Crippen molar-refractivity contribution < 1.29 is 27.5 Å². The molecular weight excluding hydrogens is 351 g/mol. The number of nitriles is 1. The van der Waals surface area contributed by atoms with E-state index in [9.17, 15) is 22.8 Å². The number of carbonyl (C=O) groups is 2. The Bertz CT molecular complexity index is 744. The molecule has 0 aromatic heterocycles. The second kappa shape index (κ2) is 7.23. The third-order valence-electron chi connectivity index (χ3n) is 3.08. The molecule has 0 atom stereocenters. The van der Waals surface area contributed by atoms with Gasteiger partial charge in [-0.3, -0.25) is 4.79 Å². The van der Waals surface area contributed by atoms with Crippen LogP contribution in [-0.2, 0) is 15.7 Å². The predicted octanol–water partition coefficient (Wildman–Crippen LogP) is 3.82. The fourth-order valence-electron chi connectivity index (χ4n) is 1.86. The van der Waals surface area contributed by atoms with E-state index < -0.39 is 40.4 Å². The molecule has 0 aliphatic rings. The van der Waals surface area contributed by atoms with Crippen LogP contribution in [0.15, 0.2) is 18.2 Å². The van der Waals surface area contributed by atoms with Crippen molar-refractivity contribution in [2.45, 2.75) is 51.9 Å². The van der Waals surface area contributed by atoms with E-state index in [4.69, 9.17) is 10.00 Å². The minimum Gasteiger partial charge on any atom is -0.444 e. The van der Waals surface area contributed by atoms with Crippen LogP contribution in [0.2, 0.25) is 0 Å². The van der Waals surface area contributed by atoms with Gasteiger partial charge in [-0.05, 0) is 52.8 Å². The maximum absolute atomic E-state index is 13.0. The second-order valence-corrected chi connectivity index (χ2v) is 7.08. The van der Waals surface area contributed by atoms with Crippen molar-refractivity contribution in [2.24, 2.45) is 0 Å². The largest absolute Gasteiger partial charge is 0.444 e. The number of hydrogen-bond donors (Lipinski definition) is 2. The highest BCUT2D eigenvalue weighted by molar-refractivity contribution is 5.99. The highest BCUT2D eigenvalue weighted by Gasteiger charge is 2.35. The standard InChI is InChI=1S/C17H20F3N3O3/c1-15(2,3)26-14(25)23-16(4,5)13(24)22-11-7-6-10(9-21)12(8-11)17(18,19)20/h6-8H,1-5H3,(H,22,24)(H,23,25). The Labute approximate surface area is 149 Å². The zero-order valence-corrected chi connectivity index (χ0v) is 15.0. The van der Waals surface area contributed by atoms with Gasteiger partial charge in [0.25, 0.3) is 0 Å².